The number of hydrogen-bond donors (Lipinski definition) is 2. The monoisotopic (exact) mass is 267 g/mol. The number of nitrogens with zero attached hydrogens (tertiary/aromatic N) is 1. The molecular weight excluding hydrogens is 250 g/mol. The zero-order valence-electron chi connectivity index (χ0n) is 10.1. The number of carbonyl (C=O) groups is 2. The van der Waals surface area contributed by atoms with Crippen LogP contribution in [0.15, 0.2) is 11.4 Å². The van der Waals surface area contributed by atoms with Gasteiger partial charge in [0.25, 0.3) is 0 Å². The van der Waals surface area contributed by atoms with Crippen molar-refractivity contribution in [1.82, 2.24) is 4.90 Å². The van der Waals surface area contributed by atoms with Crippen molar-refractivity contribution in [2.45, 2.75) is 31.8 Å². The van der Waals surface area contributed by atoms with Crippen molar-refractivity contribution in [1.29, 1.82) is 0 Å². The molecule has 1 aromatic rings. The van der Waals surface area contributed by atoms with Gasteiger partial charge in [-0.15, -0.1) is 11.3 Å². The minimum atomic E-state index is -0.817. The Morgan fingerprint density at radius 1 is 1.50 bits per heavy atom. The Bertz CT molecular complexity index is 458. The van der Waals surface area contributed by atoms with E-state index in [4.69, 9.17) is 11.5 Å². The van der Waals surface area contributed by atoms with Crippen LogP contribution in [-0.4, -0.2) is 29.3 Å². The number of fused-ring (bicyclic) bond motifs is 1. The predicted molar refractivity (Wildman–Crippen MR) is 69.8 cm³/mol. The minimum absolute atomic E-state index is 0.0914. The van der Waals surface area contributed by atoms with E-state index >= 15 is 0 Å². The molecule has 0 saturated heterocycles. The SMILES string of the molecule is NC(=O)C[C@H](N)C(=O)N1CCCc2sccc2C1. The summed E-state index contributed by atoms with van der Waals surface area (Å²) in [5, 5.41) is 2.04. The summed E-state index contributed by atoms with van der Waals surface area (Å²) in [6, 6.07) is 1.23. The van der Waals surface area contributed by atoms with Crippen molar-refractivity contribution in [3.05, 3.63) is 21.9 Å². The second-order valence-corrected chi connectivity index (χ2v) is 5.51. The van der Waals surface area contributed by atoms with Crippen LogP contribution in [0.25, 0.3) is 0 Å². The molecule has 18 heavy (non-hydrogen) atoms. The summed E-state index contributed by atoms with van der Waals surface area (Å²) < 4.78 is 0. The molecule has 1 aromatic heterocycles. The normalized spacial score (nSPS) is 16.8. The minimum Gasteiger partial charge on any atom is -0.370 e. The highest BCUT2D eigenvalue weighted by Gasteiger charge is 2.25. The lowest BCUT2D eigenvalue weighted by atomic mass is 10.1. The Morgan fingerprint density at radius 2 is 2.28 bits per heavy atom. The zero-order chi connectivity index (χ0) is 13.1. The van der Waals surface area contributed by atoms with E-state index in [2.05, 4.69) is 0 Å². The van der Waals surface area contributed by atoms with Gasteiger partial charge >= 0.3 is 0 Å². The molecule has 0 saturated carbocycles. The van der Waals surface area contributed by atoms with Gasteiger partial charge in [-0.3, -0.25) is 9.59 Å². The Balaban J connectivity index is 2.05. The van der Waals surface area contributed by atoms with E-state index in [9.17, 15) is 9.59 Å². The van der Waals surface area contributed by atoms with Gasteiger partial charge in [0.15, 0.2) is 0 Å². The van der Waals surface area contributed by atoms with Crippen LogP contribution >= 0.6 is 11.3 Å². The van der Waals surface area contributed by atoms with Gasteiger partial charge in [-0.2, -0.15) is 0 Å². The summed E-state index contributed by atoms with van der Waals surface area (Å²) in [7, 11) is 0. The highest BCUT2D eigenvalue weighted by atomic mass is 32.1. The lowest BCUT2D eigenvalue weighted by Crippen LogP contribution is -2.45. The van der Waals surface area contributed by atoms with Crippen molar-refractivity contribution in [2.75, 3.05) is 6.54 Å². The molecule has 1 aliphatic rings. The second-order valence-electron chi connectivity index (χ2n) is 4.51. The summed E-state index contributed by atoms with van der Waals surface area (Å²) in [6.07, 6.45) is 1.84. The van der Waals surface area contributed by atoms with Crippen LogP contribution in [-0.2, 0) is 22.6 Å². The third kappa shape index (κ3) is 2.88. The first-order chi connectivity index (χ1) is 8.58. The van der Waals surface area contributed by atoms with Crippen LogP contribution in [0.3, 0.4) is 0 Å². The quantitative estimate of drug-likeness (QED) is 0.821. The molecule has 0 spiro atoms. The Labute approximate surface area is 110 Å². The fourth-order valence-corrected chi connectivity index (χ4v) is 3.11. The number of carbonyl (C=O) groups excluding carboxylic acids is 2. The van der Waals surface area contributed by atoms with E-state index < -0.39 is 11.9 Å². The summed E-state index contributed by atoms with van der Waals surface area (Å²) in [6.45, 7) is 1.27. The molecule has 2 amide bonds. The summed E-state index contributed by atoms with van der Waals surface area (Å²) >= 11 is 1.73. The number of primary amides is 1. The molecule has 4 N–H and O–H groups in total. The lowest BCUT2D eigenvalue weighted by molar-refractivity contribution is -0.135. The molecule has 0 radical (unpaired) electrons. The van der Waals surface area contributed by atoms with E-state index in [0.29, 0.717) is 13.1 Å². The third-order valence-corrected chi connectivity index (χ3v) is 4.10. The average molecular weight is 267 g/mol. The lowest BCUT2D eigenvalue weighted by Gasteiger charge is -2.23. The standard InChI is InChI=1S/C12H17N3O2S/c13-9(6-11(14)16)12(17)15-4-1-2-10-8(7-15)3-5-18-10/h3,5,9H,1-2,4,6-7,13H2,(H2,14,16)/t9-/m0/s1. The second kappa shape index (κ2) is 5.49. The number of rotatable bonds is 3. The maximum absolute atomic E-state index is 12.1. The number of aryl methyl sites for hydroxylation is 1. The highest BCUT2D eigenvalue weighted by Crippen LogP contribution is 2.24. The van der Waals surface area contributed by atoms with E-state index in [1.54, 1.807) is 16.2 Å². The summed E-state index contributed by atoms with van der Waals surface area (Å²) in [5.41, 5.74) is 12.0. The molecular formula is C12H17N3O2S. The van der Waals surface area contributed by atoms with Gasteiger partial charge in [0.05, 0.1) is 12.5 Å². The van der Waals surface area contributed by atoms with Gasteiger partial charge in [-0.05, 0) is 29.9 Å². The largest absolute Gasteiger partial charge is 0.370 e. The average Bonchev–Trinajstić information content (AvgIpc) is 2.64. The predicted octanol–water partition coefficient (Wildman–Crippen LogP) is 0.226. The zero-order valence-corrected chi connectivity index (χ0v) is 10.9. The van der Waals surface area contributed by atoms with Gasteiger partial charge in [0.1, 0.15) is 0 Å². The molecule has 6 heteroatoms. The van der Waals surface area contributed by atoms with Crippen molar-refractivity contribution < 1.29 is 9.59 Å². The highest BCUT2D eigenvalue weighted by molar-refractivity contribution is 7.10. The molecule has 0 aliphatic carbocycles. The third-order valence-electron chi connectivity index (χ3n) is 3.08. The molecule has 5 nitrogen and oxygen atoms in total. The van der Waals surface area contributed by atoms with E-state index in [-0.39, 0.29) is 12.3 Å². The topological polar surface area (TPSA) is 89.4 Å². The van der Waals surface area contributed by atoms with Crippen LogP contribution in [0.2, 0.25) is 0 Å². The maximum atomic E-state index is 12.1. The fraction of sp³-hybridized carbons (Fsp3) is 0.500. The molecule has 0 bridgehead atoms. The number of thiophene rings is 1. The first-order valence-corrected chi connectivity index (χ1v) is 6.84. The Morgan fingerprint density at radius 3 is 3.00 bits per heavy atom. The van der Waals surface area contributed by atoms with Gasteiger partial charge in [-0.25, -0.2) is 0 Å². The Hall–Kier alpha value is -1.40. The number of nitrogens with two attached hydrogens (primary N) is 2. The van der Waals surface area contributed by atoms with Gasteiger partial charge < -0.3 is 16.4 Å². The van der Waals surface area contributed by atoms with Crippen LogP contribution < -0.4 is 11.5 Å². The molecule has 1 aliphatic heterocycles. The first kappa shape index (κ1) is 13.0. The Kier molecular flexibility index (Phi) is 3.98. The number of hydrogen-bond acceptors (Lipinski definition) is 4. The van der Waals surface area contributed by atoms with Gasteiger partial charge in [0.2, 0.25) is 11.8 Å². The van der Waals surface area contributed by atoms with Crippen molar-refractivity contribution in [3.8, 4) is 0 Å². The van der Waals surface area contributed by atoms with E-state index in [1.807, 2.05) is 11.4 Å². The molecule has 2 rings (SSSR count). The smallest absolute Gasteiger partial charge is 0.240 e. The number of amides is 2. The van der Waals surface area contributed by atoms with Crippen molar-refractivity contribution in [3.63, 3.8) is 0 Å². The molecule has 0 aromatic carbocycles. The summed E-state index contributed by atoms with van der Waals surface area (Å²) in [5.74, 6) is -0.727. The first-order valence-electron chi connectivity index (χ1n) is 5.96. The molecule has 0 unspecified atom stereocenters. The fourth-order valence-electron chi connectivity index (χ4n) is 2.17. The molecule has 0 fully saturated rings. The molecule has 2 heterocycles. The van der Waals surface area contributed by atoms with Gasteiger partial charge in [0, 0.05) is 18.0 Å². The molecule has 1 atom stereocenters. The summed E-state index contributed by atoms with van der Waals surface area (Å²) in [4.78, 5) is 26.0. The van der Waals surface area contributed by atoms with Gasteiger partial charge in [-0.1, -0.05) is 0 Å². The van der Waals surface area contributed by atoms with Crippen LogP contribution in [0.5, 0.6) is 0 Å². The van der Waals surface area contributed by atoms with Crippen LogP contribution in [0.4, 0.5) is 0 Å². The van der Waals surface area contributed by atoms with Crippen LogP contribution in [0.1, 0.15) is 23.3 Å². The maximum Gasteiger partial charge on any atom is 0.240 e. The van der Waals surface area contributed by atoms with Crippen LogP contribution in [0, 0.1) is 0 Å². The van der Waals surface area contributed by atoms with Crippen molar-refractivity contribution in [2.24, 2.45) is 11.5 Å². The van der Waals surface area contributed by atoms with E-state index in [0.717, 1.165) is 12.8 Å². The van der Waals surface area contributed by atoms with Crippen molar-refractivity contribution >= 4 is 23.2 Å². The van der Waals surface area contributed by atoms with E-state index in [1.165, 1.54) is 10.4 Å². The molecule has 98 valence electrons.